The Hall–Kier alpha value is -1.07. The van der Waals surface area contributed by atoms with Crippen molar-refractivity contribution in [2.45, 2.75) is 43.0 Å². The Bertz CT molecular complexity index is 472. The molecule has 0 saturated heterocycles. The molecule has 1 aromatic rings. The summed E-state index contributed by atoms with van der Waals surface area (Å²) in [5, 5.41) is 12.6. The molecule has 0 aliphatic heterocycles. The van der Waals surface area contributed by atoms with Crippen LogP contribution in [0.3, 0.4) is 0 Å². The van der Waals surface area contributed by atoms with Gasteiger partial charge in [0.25, 0.3) is 0 Å². The van der Waals surface area contributed by atoms with Gasteiger partial charge < -0.3 is 10.4 Å². The molecule has 1 aliphatic rings. The van der Waals surface area contributed by atoms with Crippen LogP contribution in [0.4, 0.5) is 4.39 Å². The van der Waals surface area contributed by atoms with Gasteiger partial charge in [-0.1, -0.05) is 19.8 Å². The molecule has 1 aliphatic carbocycles. The molecule has 21 heavy (non-hydrogen) atoms. The minimum absolute atomic E-state index is 0.0105. The van der Waals surface area contributed by atoms with Gasteiger partial charge in [0.05, 0.1) is 12.1 Å². The third-order valence-electron chi connectivity index (χ3n) is 4.01. The Kier molecular flexibility index (Phi) is 5.65. The maximum atomic E-state index is 12.8. The lowest BCUT2D eigenvalue weighted by atomic mass is 9.98. The van der Waals surface area contributed by atoms with Crippen LogP contribution >= 0.6 is 11.8 Å². The molecule has 0 radical (unpaired) electrons. The van der Waals surface area contributed by atoms with Gasteiger partial charge in [-0.2, -0.15) is 0 Å². The fourth-order valence-electron chi connectivity index (χ4n) is 2.59. The summed E-state index contributed by atoms with van der Waals surface area (Å²) in [7, 11) is 0. The van der Waals surface area contributed by atoms with Crippen LogP contribution in [0.2, 0.25) is 0 Å². The zero-order chi connectivity index (χ0) is 15.3. The number of amides is 1. The molecule has 5 heteroatoms. The number of halogens is 1. The molecule has 1 amide bonds. The highest BCUT2D eigenvalue weighted by Gasteiger charge is 2.35. The molecule has 2 N–H and O–H groups in total. The maximum Gasteiger partial charge on any atom is 0.224 e. The van der Waals surface area contributed by atoms with Crippen molar-refractivity contribution in [2.75, 3.05) is 12.4 Å². The van der Waals surface area contributed by atoms with Crippen LogP contribution in [0, 0.1) is 11.7 Å². The van der Waals surface area contributed by atoms with E-state index in [9.17, 15) is 14.3 Å². The predicted octanol–water partition coefficient (Wildman–Crippen LogP) is 2.98. The van der Waals surface area contributed by atoms with Gasteiger partial charge in [-0.15, -0.1) is 11.8 Å². The number of aliphatic hydroxyl groups excluding tert-OH is 1. The van der Waals surface area contributed by atoms with Crippen LogP contribution in [-0.2, 0) is 4.79 Å². The molecule has 1 fully saturated rings. The van der Waals surface area contributed by atoms with E-state index in [2.05, 4.69) is 5.32 Å². The van der Waals surface area contributed by atoms with Crippen molar-refractivity contribution in [3.63, 3.8) is 0 Å². The molecule has 0 aromatic heterocycles. The second-order valence-corrected chi connectivity index (χ2v) is 6.89. The number of rotatable bonds is 6. The highest BCUT2D eigenvalue weighted by atomic mass is 32.2. The summed E-state index contributed by atoms with van der Waals surface area (Å²) in [6, 6.07) is 6.28. The maximum absolute atomic E-state index is 12.8. The second kappa shape index (κ2) is 7.27. The van der Waals surface area contributed by atoms with Crippen molar-refractivity contribution in [1.82, 2.24) is 5.32 Å². The molecular weight excluding hydrogens is 289 g/mol. The van der Waals surface area contributed by atoms with E-state index in [0.717, 1.165) is 30.6 Å². The van der Waals surface area contributed by atoms with E-state index >= 15 is 0 Å². The van der Waals surface area contributed by atoms with Crippen LogP contribution in [0.1, 0.15) is 32.6 Å². The van der Waals surface area contributed by atoms with Gasteiger partial charge in [0.2, 0.25) is 5.91 Å². The lowest BCUT2D eigenvalue weighted by Crippen LogP contribution is -2.51. The van der Waals surface area contributed by atoms with E-state index in [0.29, 0.717) is 5.75 Å². The largest absolute Gasteiger partial charge is 0.394 e. The van der Waals surface area contributed by atoms with Crippen LogP contribution in [0.5, 0.6) is 0 Å². The number of nitrogens with one attached hydrogen (secondary N) is 1. The number of aliphatic hydroxyl groups is 1. The second-order valence-electron chi connectivity index (χ2n) is 5.80. The minimum atomic E-state index is -0.411. The Morgan fingerprint density at radius 2 is 2.00 bits per heavy atom. The van der Waals surface area contributed by atoms with Gasteiger partial charge in [-0.3, -0.25) is 4.79 Å². The number of thioether (sulfide) groups is 1. The van der Waals surface area contributed by atoms with Crippen LogP contribution in [0.25, 0.3) is 0 Å². The Labute approximate surface area is 129 Å². The molecule has 1 saturated carbocycles. The SMILES string of the molecule is CC(CSc1ccc(F)cc1)C(=O)NC1(CO)CCCC1. The van der Waals surface area contributed by atoms with Crippen molar-refractivity contribution >= 4 is 17.7 Å². The van der Waals surface area contributed by atoms with E-state index in [-0.39, 0.29) is 24.2 Å². The van der Waals surface area contributed by atoms with Gasteiger partial charge >= 0.3 is 0 Å². The number of benzene rings is 1. The lowest BCUT2D eigenvalue weighted by molar-refractivity contribution is -0.126. The standard InChI is InChI=1S/C16H22FNO2S/c1-12(10-21-14-6-4-13(17)5-7-14)15(20)18-16(11-19)8-2-3-9-16/h4-7,12,19H,2-3,8-11H2,1H3,(H,18,20). The molecule has 116 valence electrons. The third-order valence-corrected chi connectivity index (χ3v) is 5.29. The summed E-state index contributed by atoms with van der Waals surface area (Å²) >= 11 is 1.54. The van der Waals surface area contributed by atoms with E-state index in [4.69, 9.17) is 0 Å². The smallest absolute Gasteiger partial charge is 0.224 e. The average molecular weight is 311 g/mol. The predicted molar refractivity (Wildman–Crippen MR) is 82.7 cm³/mol. The molecule has 0 heterocycles. The fourth-order valence-corrected chi connectivity index (χ4v) is 3.51. The van der Waals surface area contributed by atoms with Gasteiger partial charge in [0.1, 0.15) is 5.82 Å². The first kappa shape index (κ1) is 16.3. The van der Waals surface area contributed by atoms with Gasteiger partial charge in [0, 0.05) is 16.6 Å². The van der Waals surface area contributed by atoms with E-state index in [1.807, 2.05) is 6.92 Å². The number of hydrogen-bond donors (Lipinski definition) is 2. The monoisotopic (exact) mass is 311 g/mol. The van der Waals surface area contributed by atoms with E-state index in [1.165, 1.54) is 23.9 Å². The first-order valence-corrected chi connectivity index (χ1v) is 8.34. The summed E-state index contributed by atoms with van der Waals surface area (Å²) in [5.74, 6) is 0.222. The zero-order valence-electron chi connectivity index (χ0n) is 12.3. The first-order valence-electron chi connectivity index (χ1n) is 7.36. The molecule has 0 spiro atoms. The summed E-state index contributed by atoms with van der Waals surface area (Å²) in [5.41, 5.74) is -0.411. The van der Waals surface area contributed by atoms with E-state index < -0.39 is 5.54 Å². The van der Waals surface area contributed by atoms with Gasteiger partial charge in [-0.25, -0.2) is 4.39 Å². The molecule has 1 atom stereocenters. The van der Waals surface area contributed by atoms with Crippen molar-refractivity contribution < 1.29 is 14.3 Å². The summed E-state index contributed by atoms with van der Waals surface area (Å²) < 4.78 is 12.8. The lowest BCUT2D eigenvalue weighted by Gasteiger charge is -2.29. The Morgan fingerprint density at radius 3 is 2.57 bits per heavy atom. The fraction of sp³-hybridized carbons (Fsp3) is 0.562. The van der Waals surface area contributed by atoms with Gasteiger partial charge in [-0.05, 0) is 37.1 Å². The van der Waals surface area contributed by atoms with Gasteiger partial charge in [0.15, 0.2) is 0 Å². The summed E-state index contributed by atoms with van der Waals surface area (Å²) in [6.45, 7) is 1.89. The quantitative estimate of drug-likeness (QED) is 0.794. The van der Waals surface area contributed by atoms with Crippen molar-refractivity contribution in [1.29, 1.82) is 0 Å². The Balaban J connectivity index is 1.83. The van der Waals surface area contributed by atoms with E-state index in [1.54, 1.807) is 12.1 Å². The number of hydrogen-bond acceptors (Lipinski definition) is 3. The van der Waals surface area contributed by atoms with Crippen LogP contribution in [-0.4, -0.2) is 28.9 Å². The first-order chi connectivity index (χ1) is 10.0. The molecule has 1 aromatic carbocycles. The highest BCUT2D eigenvalue weighted by Crippen LogP contribution is 2.30. The third kappa shape index (κ3) is 4.45. The van der Waals surface area contributed by atoms with Crippen LogP contribution < -0.4 is 5.32 Å². The van der Waals surface area contributed by atoms with Crippen molar-refractivity contribution in [2.24, 2.45) is 5.92 Å². The Morgan fingerprint density at radius 1 is 1.38 bits per heavy atom. The molecule has 2 rings (SSSR count). The molecular formula is C16H22FNO2S. The normalized spacial score (nSPS) is 18.4. The summed E-state index contributed by atoms with van der Waals surface area (Å²) in [4.78, 5) is 13.2. The van der Waals surface area contributed by atoms with Crippen molar-refractivity contribution in [3.05, 3.63) is 30.1 Å². The van der Waals surface area contributed by atoms with Crippen molar-refractivity contribution in [3.8, 4) is 0 Å². The molecule has 1 unspecified atom stereocenters. The topological polar surface area (TPSA) is 49.3 Å². The highest BCUT2D eigenvalue weighted by molar-refractivity contribution is 7.99. The zero-order valence-corrected chi connectivity index (χ0v) is 13.1. The summed E-state index contributed by atoms with van der Waals surface area (Å²) in [6.07, 6.45) is 3.82. The minimum Gasteiger partial charge on any atom is -0.394 e. The average Bonchev–Trinajstić information content (AvgIpc) is 2.95. The number of carbonyl (C=O) groups excluding carboxylic acids is 1. The van der Waals surface area contributed by atoms with Crippen LogP contribution in [0.15, 0.2) is 29.2 Å². The molecule has 3 nitrogen and oxygen atoms in total. The number of carbonyl (C=O) groups is 1. The molecule has 0 bridgehead atoms.